The third kappa shape index (κ3) is 6.62. The number of fused-ring (bicyclic) bond motifs is 2. The predicted octanol–water partition coefficient (Wildman–Crippen LogP) is 6.26. The zero-order chi connectivity index (χ0) is 37.3. The highest BCUT2D eigenvalue weighted by Gasteiger charge is 2.37. The maximum Gasteiger partial charge on any atom is 0.273 e. The van der Waals surface area contributed by atoms with Crippen LogP contribution < -0.4 is 10.6 Å². The molecule has 2 aliphatic rings. The van der Waals surface area contributed by atoms with Gasteiger partial charge in [-0.05, 0) is 99.2 Å². The van der Waals surface area contributed by atoms with Crippen LogP contribution in [0.5, 0.6) is 0 Å². The molecule has 4 amide bonds. The molecular formula is C42H40N8O4. The summed E-state index contributed by atoms with van der Waals surface area (Å²) in [6, 6.07) is 25.1. The Hall–Kier alpha value is -6.56. The lowest BCUT2D eigenvalue weighted by Gasteiger charge is -2.24. The predicted molar refractivity (Wildman–Crippen MR) is 207 cm³/mol. The number of amides is 4. The number of carbonyl (C=O) groups is 4. The molecule has 2 aliphatic heterocycles. The molecule has 12 nitrogen and oxygen atoms in total. The van der Waals surface area contributed by atoms with Crippen molar-refractivity contribution in [1.82, 2.24) is 28.6 Å². The van der Waals surface area contributed by atoms with Gasteiger partial charge in [-0.25, -0.2) is 9.97 Å². The summed E-state index contributed by atoms with van der Waals surface area (Å²) < 4.78 is 3.57. The Kier molecular flexibility index (Phi) is 9.24. The maximum absolute atomic E-state index is 13.6. The van der Waals surface area contributed by atoms with Gasteiger partial charge in [0.25, 0.3) is 11.8 Å². The van der Waals surface area contributed by atoms with Crippen LogP contribution in [0.15, 0.2) is 97.3 Å². The summed E-state index contributed by atoms with van der Waals surface area (Å²) in [5, 5.41) is 5.99. The molecule has 0 saturated carbocycles. The van der Waals surface area contributed by atoms with Crippen LogP contribution in [0.4, 0.5) is 11.4 Å². The Morgan fingerprint density at radius 2 is 1.00 bits per heavy atom. The van der Waals surface area contributed by atoms with E-state index in [4.69, 9.17) is 0 Å². The van der Waals surface area contributed by atoms with E-state index in [-0.39, 0.29) is 23.6 Å². The highest BCUT2D eigenvalue weighted by Crippen LogP contribution is 2.26. The van der Waals surface area contributed by atoms with Crippen molar-refractivity contribution in [3.8, 4) is 0 Å². The first-order chi connectivity index (χ1) is 26.2. The summed E-state index contributed by atoms with van der Waals surface area (Å²) in [4.78, 5) is 66.3. The highest BCUT2D eigenvalue weighted by atomic mass is 16.2. The number of aryl methyl sites for hydroxylation is 2. The van der Waals surface area contributed by atoms with Crippen LogP contribution in [-0.4, -0.2) is 77.4 Å². The molecule has 0 spiro atoms. The molecule has 272 valence electrons. The number of aromatic nitrogens is 4. The summed E-state index contributed by atoms with van der Waals surface area (Å²) in [5.74, 6) is -0.807. The fourth-order valence-corrected chi connectivity index (χ4v) is 7.58. The van der Waals surface area contributed by atoms with Crippen molar-refractivity contribution in [2.45, 2.75) is 51.6 Å². The summed E-state index contributed by atoms with van der Waals surface area (Å²) in [6.45, 7) is 4.66. The normalized spacial score (nSPS) is 17.1. The van der Waals surface area contributed by atoms with E-state index in [1.165, 1.54) is 0 Å². The number of carbonyl (C=O) groups excluding carboxylic acids is 4. The minimum atomic E-state index is -0.564. The van der Waals surface area contributed by atoms with Crippen molar-refractivity contribution in [2.24, 2.45) is 0 Å². The van der Waals surface area contributed by atoms with Crippen LogP contribution in [0.1, 0.15) is 69.2 Å². The fourth-order valence-electron chi connectivity index (χ4n) is 7.58. The van der Waals surface area contributed by atoms with Crippen LogP contribution in [0.25, 0.3) is 23.4 Å². The van der Waals surface area contributed by atoms with Crippen molar-refractivity contribution in [3.05, 3.63) is 131 Å². The molecule has 4 aromatic heterocycles. The minimum absolute atomic E-state index is 0.192. The molecule has 6 aromatic rings. The van der Waals surface area contributed by atoms with E-state index in [0.717, 1.165) is 24.0 Å². The molecule has 2 aromatic carbocycles. The van der Waals surface area contributed by atoms with Crippen molar-refractivity contribution < 1.29 is 19.2 Å². The molecular weight excluding hydrogens is 681 g/mol. The summed E-state index contributed by atoms with van der Waals surface area (Å²) >= 11 is 0. The molecule has 0 unspecified atom stereocenters. The van der Waals surface area contributed by atoms with Gasteiger partial charge in [-0.3, -0.25) is 28.0 Å². The van der Waals surface area contributed by atoms with Crippen molar-refractivity contribution >= 4 is 58.4 Å². The molecule has 54 heavy (non-hydrogen) atoms. The first kappa shape index (κ1) is 34.5. The van der Waals surface area contributed by atoms with E-state index in [0.29, 0.717) is 71.4 Å². The van der Waals surface area contributed by atoms with Gasteiger partial charge in [-0.15, -0.1) is 0 Å². The Bertz CT molecular complexity index is 2260. The van der Waals surface area contributed by atoms with E-state index in [2.05, 4.69) is 20.6 Å². The van der Waals surface area contributed by atoms with E-state index >= 15 is 0 Å². The Balaban J connectivity index is 0.861. The van der Waals surface area contributed by atoms with Gasteiger partial charge in [-0.2, -0.15) is 0 Å². The smallest absolute Gasteiger partial charge is 0.273 e. The Morgan fingerprint density at radius 3 is 1.41 bits per heavy atom. The van der Waals surface area contributed by atoms with Crippen LogP contribution in [0, 0.1) is 13.8 Å². The average molecular weight is 721 g/mol. The van der Waals surface area contributed by atoms with Gasteiger partial charge in [-0.1, -0.05) is 48.6 Å². The lowest BCUT2D eigenvalue weighted by atomic mass is 10.1. The molecule has 8 rings (SSSR count). The number of benzene rings is 2. The van der Waals surface area contributed by atoms with Gasteiger partial charge >= 0.3 is 0 Å². The van der Waals surface area contributed by atoms with E-state index in [9.17, 15) is 19.2 Å². The van der Waals surface area contributed by atoms with Gasteiger partial charge in [0, 0.05) is 36.9 Å². The number of hydrogen-bond acceptors (Lipinski definition) is 6. The largest absolute Gasteiger partial charge is 0.325 e. The monoisotopic (exact) mass is 720 g/mol. The van der Waals surface area contributed by atoms with Gasteiger partial charge in [0.2, 0.25) is 11.8 Å². The number of nitrogens with one attached hydrogen (secondary N) is 2. The van der Waals surface area contributed by atoms with Gasteiger partial charge in [0.05, 0.1) is 11.4 Å². The number of hydrogen-bond donors (Lipinski definition) is 2. The van der Waals surface area contributed by atoms with Gasteiger partial charge in [0.15, 0.2) is 0 Å². The number of rotatable bonds is 8. The standard InChI is InChI=1S/C42H40N8O4/c1-27-37(49-23-5-3-11-35(49)43-27)41(53)47-25-7-9-33(47)39(51)45-31-19-15-29(16-20-31)13-14-30-17-21-32(22-18-30)46-40(52)34-10-8-26-48(34)42(54)38-28(2)44-36-12-4-6-24-50(36)38/h3-6,11-24,33-34H,7-10,25-26H2,1-2H3,(H,45,51)(H,46,52)/t33-,34-/m0/s1. The molecule has 2 saturated heterocycles. The third-order valence-electron chi connectivity index (χ3n) is 10.3. The topological polar surface area (TPSA) is 133 Å². The van der Waals surface area contributed by atoms with Crippen LogP contribution >= 0.6 is 0 Å². The highest BCUT2D eigenvalue weighted by molar-refractivity contribution is 6.03. The SMILES string of the molecule is Cc1nc2ccccn2c1C(=O)N1CCC[C@H]1C(=O)Nc1ccc(C=Cc2ccc(NC(=O)[C@@H]3CCCN3C(=O)c3c(C)nc4ccccn34)cc2)cc1. The first-order valence-corrected chi connectivity index (χ1v) is 18.2. The van der Waals surface area contributed by atoms with E-state index in [1.54, 1.807) is 18.6 Å². The third-order valence-corrected chi connectivity index (χ3v) is 10.3. The number of imidazole rings is 2. The van der Waals surface area contributed by atoms with Crippen LogP contribution in [0.2, 0.25) is 0 Å². The van der Waals surface area contributed by atoms with Gasteiger partial charge in [0.1, 0.15) is 34.8 Å². The second kappa shape index (κ2) is 14.5. The molecule has 0 aliphatic carbocycles. The average Bonchev–Trinajstić information content (AvgIpc) is 3.99. The second-order valence-electron chi connectivity index (χ2n) is 13.8. The summed E-state index contributed by atoms with van der Waals surface area (Å²) in [5.41, 5.74) is 6.84. The molecule has 0 bridgehead atoms. The molecule has 2 atom stereocenters. The lowest BCUT2D eigenvalue weighted by molar-refractivity contribution is -0.120. The summed E-state index contributed by atoms with van der Waals surface area (Å²) in [6.07, 6.45) is 10.3. The fraction of sp³-hybridized carbons (Fsp3) is 0.238. The number of nitrogens with zero attached hydrogens (tertiary/aromatic N) is 6. The molecule has 2 fully saturated rings. The van der Waals surface area contributed by atoms with Crippen molar-refractivity contribution in [1.29, 1.82) is 0 Å². The quantitative estimate of drug-likeness (QED) is 0.179. The minimum Gasteiger partial charge on any atom is -0.325 e. The first-order valence-electron chi connectivity index (χ1n) is 18.2. The molecule has 0 radical (unpaired) electrons. The zero-order valence-corrected chi connectivity index (χ0v) is 30.1. The van der Waals surface area contributed by atoms with Crippen molar-refractivity contribution in [2.75, 3.05) is 23.7 Å². The number of pyridine rings is 2. The van der Waals surface area contributed by atoms with Gasteiger partial charge < -0.3 is 20.4 Å². The Morgan fingerprint density at radius 1 is 0.593 bits per heavy atom. The zero-order valence-electron chi connectivity index (χ0n) is 30.1. The number of likely N-dealkylation sites (tertiary alicyclic amines) is 2. The molecule has 12 heteroatoms. The van der Waals surface area contributed by atoms with E-state index in [1.807, 2.05) is 123 Å². The van der Waals surface area contributed by atoms with Crippen LogP contribution in [-0.2, 0) is 9.59 Å². The Labute approximate surface area is 312 Å². The molecule has 2 N–H and O–H groups in total. The van der Waals surface area contributed by atoms with Crippen LogP contribution in [0.3, 0.4) is 0 Å². The lowest BCUT2D eigenvalue weighted by Crippen LogP contribution is -2.43. The van der Waals surface area contributed by atoms with E-state index < -0.39 is 12.1 Å². The number of anilines is 2. The summed E-state index contributed by atoms with van der Waals surface area (Å²) in [7, 11) is 0. The second-order valence-corrected chi connectivity index (χ2v) is 13.8. The van der Waals surface area contributed by atoms with Crippen molar-refractivity contribution in [3.63, 3.8) is 0 Å². The molecule has 6 heterocycles. The maximum atomic E-state index is 13.6.